The van der Waals surface area contributed by atoms with Crippen LogP contribution in [0.5, 0.6) is 0 Å². The Balaban J connectivity index is 1.92. The number of rotatable bonds is 5. The molecule has 2 rings (SSSR count). The zero-order chi connectivity index (χ0) is 16.8. The standard InChI is InChI=1S/C17H16Cl2N2O2/c1-20-17(23)12-5-8-13(9-6-12)21-15(22)10-7-11-3-2-4-14(18)16(11)19/h2-6,8-9H,7,10H2,1H3,(H,20,23)(H,21,22). The minimum Gasteiger partial charge on any atom is -0.355 e. The summed E-state index contributed by atoms with van der Waals surface area (Å²) in [5.74, 6) is -0.299. The first kappa shape index (κ1) is 17.3. The number of carbonyl (C=O) groups excluding carboxylic acids is 2. The van der Waals surface area contributed by atoms with Crippen molar-refractivity contribution in [2.75, 3.05) is 12.4 Å². The summed E-state index contributed by atoms with van der Waals surface area (Å²) in [6, 6.07) is 12.0. The van der Waals surface area contributed by atoms with E-state index in [2.05, 4.69) is 10.6 Å². The highest BCUT2D eigenvalue weighted by atomic mass is 35.5. The number of benzene rings is 2. The lowest BCUT2D eigenvalue weighted by Crippen LogP contribution is -2.18. The molecule has 2 aromatic rings. The summed E-state index contributed by atoms with van der Waals surface area (Å²) in [6.07, 6.45) is 0.790. The average Bonchev–Trinajstić information content (AvgIpc) is 2.56. The van der Waals surface area contributed by atoms with E-state index >= 15 is 0 Å². The lowest BCUT2D eigenvalue weighted by molar-refractivity contribution is -0.116. The number of amides is 2. The topological polar surface area (TPSA) is 58.2 Å². The summed E-state index contributed by atoms with van der Waals surface area (Å²) in [5, 5.41) is 6.29. The zero-order valence-electron chi connectivity index (χ0n) is 12.5. The summed E-state index contributed by atoms with van der Waals surface area (Å²) >= 11 is 12.0. The Hall–Kier alpha value is -2.04. The van der Waals surface area contributed by atoms with Crippen molar-refractivity contribution in [3.8, 4) is 0 Å². The van der Waals surface area contributed by atoms with Crippen LogP contribution in [0.15, 0.2) is 42.5 Å². The lowest BCUT2D eigenvalue weighted by atomic mass is 10.1. The first-order chi connectivity index (χ1) is 11.0. The first-order valence-corrected chi connectivity index (χ1v) is 7.81. The fourth-order valence-electron chi connectivity index (χ4n) is 2.06. The SMILES string of the molecule is CNC(=O)c1ccc(NC(=O)CCc2cccc(Cl)c2Cl)cc1. The molecule has 0 fully saturated rings. The Morgan fingerprint density at radius 3 is 2.39 bits per heavy atom. The number of halogens is 2. The van der Waals surface area contributed by atoms with Crippen LogP contribution < -0.4 is 10.6 Å². The quantitative estimate of drug-likeness (QED) is 0.858. The van der Waals surface area contributed by atoms with Crippen molar-refractivity contribution in [3.05, 3.63) is 63.6 Å². The van der Waals surface area contributed by atoms with E-state index in [-0.39, 0.29) is 18.2 Å². The third-order valence-electron chi connectivity index (χ3n) is 3.31. The maximum atomic E-state index is 12.0. The van der Waals surface area contributed by atoms with Gasteiger partial charge >= 0.3 is 0 Å². The minimum atomic E-state index is -0.168. The van der Waals surface area contributed by atoms with E-state index < -0.39 is 0 Å². The van der Waals surface area contributed by atoms with E-state index in [0.717, 1.165) is 5.56 Å². The summed E-state index contributed by atoms with van der Waals surface area (Å²) in [4.78, 5) is 23.4. The number of aryl methyl sites for hydroxylation is 1. The number of hydrogen-bond donors (Lipinski definition) is 2. The van der Waals surface area contributed by atoms with Crippen molar-refractivity contribution in [2.24, 2.45) is 0 Å². The van der Waals surface area contributed by atoms with E-state index in [1.807, 2.05) is 6.07 Å². The second-order valence-corrected chi connectivity index (χ2v) is 5.70. The Bertz CT molecular complexity index is 715. The molecule has 0 aromatic heterocycles. The van der Waals surface area contributed by atoms with Gasteiger partial charge in [-0.15, -0.1) is 0 Å². The van der Waals surface area contributed by atoms with Crippen LogP contribution in [0, 0.1) is 0 Å². The summed E-state index contributed by atoms with van der Waals surface area (Å²) in [6.45, 7) is 0. The van der Waals surface area contributed by atoms with E-state index in [0.29, 0.717) is 27.7 Å². The fraction of sp³-hybridized carbons (Fsp3) is 0.176. The van der Waals surface area contributed by atoms with Gasteiger partial charge in [-0.2, -0.15) is 0 Å². The molecule has 0 atom stereocenters. The van der Waals surface area contributed by atoms with E-state index in [1.165, 1.54) is 0 Å². The predicted octanol–water partition coefficient (Wildman–Crippen LogP) is 3.92. The van der Waals surface area contributed by atoms with Crippen LogP contribution in [0.3, 0.4) is 0 Å². The Morgan fingerprint density at radius 2 is 1.74 bits per heavy atom. The molecule has 0 radical (unpaired) electrons. The average molecular weight is 351 g/mol. The molecule has 0 saturated heterocycles. The highest BCUT2D eigenvalue weighted by Gasteiger charge is 2.08. The van der Waals surface area contributed by atoms with Crippen LogP contribution in [-0.2, 0) is 11.2 Å². The van der Waals surface area contributed by atoms with Crippen molar-refractivity contribution >= 4 is 40.7 Å². The predicted molar refractivity (Wildman–Crippen MR) is 93.2 cm³/mol. The molecule has 0 bridgehead atoms. The molecule has 4 nitrogen and oxygen atoms in total. The van der Waals surface area contributed by atoms with Crippen LogP contribution in [0.4, 0.5) is 5.69 Å². The third kappa shape index (κ3) is 4.71. The normalized spacial score (nSPS) is 10.2. The maximum Gasteiger partial charge on any atom is 0.251 e. The minimum absolute atomic E-state index is 0.131. The summed E-state index contributed by atoms with van der Waals surface area (Å²) < 4.78 is 0. The van der Waals surface area contributed by atoms with Gasteiger partial charge in [0.1, 0.15) is 0 Å². The van der Waals surface area contributed by atoms with Gasteiger partial charge in [0.15, 0.2) is 0 Å². The number of anilines is 1. The van der Waals surface area contributed by atoms with Crippen LogP contribution in [0.25, 0.3) is 0 Å². The highest BCUT2D eigenvalue weighted by Crippen LogP contribution is 2.26. The lowest BCUT2D eigenvalue weighted by Gasteiger charge is -2.08. The van der Waals surface area contributed by atoms with E-state index in [4.69, 9.17) is 23.2 Å². The Morgan fingerprint density at radius 1 is 1.04 bits per heavy atom. The number of carbonyl (C=O) groups is 2. The van der Waals surface area contributed by atoms with Gasteiger partial charge in [-0.25, -0.2) is 0 Å². The van der Waals surface area contributed by atoms with Crippen LogP contribution in [0.1, 0.15) is 22.3 Å². The molecule has 0 unspecified atom stereocenters. The summed E-state index contributed by atoms with van der Waals surface area (Å²) in [5.41, 5.74) is 2.01. The Labute approximate surface area is 144 Å². The third-order valence-corrected chi connectivity index (χ3v) is 4.17. The molecule has 2 aromatic carbocycles. The molecule has 0 aliphatic heterocycles. The molecule has 0 saturated carbocycles. The van der Waals surface area contributed by atoms with Gasteiger partial charge in [-0.1, -0.05) is 35.3 Å². The second kappa shape index (κ2) is 7.99. The van der Waals surface area contributed by atoms with E-state index in [1.54, 1.807) is 43.4 Å². The molecular formula is C17H16Cl2N2O2. The molecule has 120 valence electrons. The van der Waals surface area contributed by atoms with E-state index in [9.17, 15) is 9.59 Å². The van der Waals surface area contributed by atoms with Crippen LogP contribution >= 0.6 is 23.2 Å². The molecule has 0 spiro atoms. The molecule has 23 heavy (non-hydrogen) atoms. The fourth-order valence-corrected chi connectivity index (χ4v) is 2.48. The van der Waals surface area contributed by atoms with Crippen molar-refractivity contribution in [3.63, 3.8) is 0 Å². The van der Waals surface area contributed by atoms with Crippen LogP contribution in [0.2, 0.25) is 10.0 Å². The van der Waals surface area contributed by atoms with Gasteiger partial charge in [0, 0.05) is 24.7 Å². The maximum absolute atomic E-state index is 12.0. The molecule has 0 aliphatic carbocycles. The highest BCUT2D eigenvalue weighted by molar-refractivity contribution is 6.42. The smallest absolute Gasteiger partial charge is 0.251 e. The van der Waals surface area contributed by atoms with Gasteiger partial charge < -0.3 is 10.6 Å². The van der Waals surface area contributed by atoms with Gasteiger partial charge in [-0.3, -0.25) is 9.59 Å². The second-order valence-electron chi connectivity index (χ2n) is 4.92. The number of hydrogen-bond acceptors (Lipinski definition) is 2. The molecular weight excluding hydrogens is 335 g/mol. The van der Waals surface area contributed by atoms with Crippen molar-refractivity contribution < 1.29 is 9.59 Å². The van der Waals surface area contributed by atoms with Gasteiger partial charge in [0.25, 0.3) is 5.91 Å². The van der Waals surface area contributed by atoms with Crippen molar-refractivity contribution in [1.82, 2.24) is 5.32 Å². The van der Waals surface area contributed by atoms with Crippen molar-refractivity contribution in [1.29, 1.82) is 0 Å². The van der Waals surface area contributed by atoms with Gasteiger partial charge in [0.05, 0.1) is 10.0 Å². The molecule has 0 heterocycles. The summed E-state index contributed by atoms with van der Waals surface area (Å²) in [7, 11) is 1.57. The largest absolute Gasteiger partial charge is 0.355 e. The molecule has 0 aliphatic rings. The monoisotopic (exact) mass is 350 g/mol. The van der Waals surface area contributed by atoms with Crippen molar-refractivity contribution in [2.45, 2.75) is 12.8 Å². The Kier molecular flexibility index (Phi) is 6.02. The van der Waals surface area contributed by atoms with Crippen LogP contribution in [-0.4, -0.2) is 18.9 Å². The zero-order valence-corrected chi connectivity index (χ0v) is 14.0. The first-order valence-electron chi connectivity index (χ1n) is 7.06. The molecule has 2 N–H and O–H groups in total. The number of nitrogens with one attached hydrogen (secondary N) is 2. The van der Waals surface area contributed by atoms with Gasteiger partial charge in [0.2, 0.25) is 5.91 Å². The van der Waals surface area contributed by atoms with Gasteiger partial charge in [-0.05, 0) is 42.3 Å². The molecule has 2 amide bonds. The molecule has 6 heteroatoms.